The topological polar surface area (TPSA) is 18.5 Å². The highest BCUT2D eigenvalue weighted by molar-refractivity contribution is 7.99. The average Bonchev–Trinajstić information content (AvgIpc) is 2.07. The maximum atomic E-state index is 5.26. The van der Waals surface area contributed by atoms with Crippen molar-refractivity contribution in [1.82, 2.24) is 0 Å². The van der Waals surface area contributed by atoms with Gasteiger partial charge in [-0.3, -0.25) is 0 Å². The first-order valence-corrected chi connectivity index (χ1v) is 5.25. The van der Waals surface area contributed by atoms with E-state index >= 15 is 0 Å². The Morgan fingerprint density at radius 2 is 2.18 bits per heavy atom. The normalized spacial score (nSPS) is 20.5. The van der Waals surface area contributed by atoms with Crippen LogP contribution in [0.1, 0.15) is 19.8 Å². The number of rotatable bonds is 4. The van der Waals surface area contributed by atoms with Crippen LogP contribution in [0.3, 0.4) is 0 Å². The third kappa shape index (κ3) is 3.99. The van der Waals surface area contributed by atoms with E-state index in [0.29, 0.717) is 0 Å². The number of ether oxygens (including phenoxy) is 2. The van der Waals surface area contributed by atoms with Gasteiger partial charge >= 0.3 is 0 Å². The van der Waals surface area contributed by atoms with Gasteiger partial charge in [0.15, 0.2) is 0 Å². The van der Waals surface area contributed by atoms with Crippen molar-refractivity contribution in [1.29, 1.82) is 0 Å². The minimum absolute atomic E-state index is 0.773. The molecule has 0 spiro atoms. The summed E-state index contributed by atoms with van der Waals surface area (Å²) in [5.74, 6) is 0.848. The van der Waals surface area contributed by atoms with E-state index in [1.165, 1.54) is 12.8 Å². The van der Waals surface area contributed by atoms with Gasteiger partial charge in [0.1, 0.15) is 0 Å². The summed E-state index contributed by atoms with van der Waals surface area (Å²) < 4.78 is 10.5. The molecule has 0 radical (unpaired) electrons. The van der Waals surface area contributed by atoms with Crippen LogP contribution in [0.5, 0.6) is 0 Å². The second kappa shape index (κ2) is 5.86. The fraction of sp³-hybridized carbons (Fsp3) is 1.00. The zero-order valence-electron chi connectivity index (χ0n) is 7.04. The van der Waals surface area contributed by atoms with Crippen molar-refractivity contribution in [2.45, 2.75) is 25.0 Å². The third-order valence-electron chi connectivity index (χ3n) is 1.76. The Morgan fingerprint density at radius 1 is 1.45 bits per heavy atom. The Hall–Kier alpha value is 0.270. The van der Waals surface area contributed by atoms with Crippen molar-refractivity contribution >= 4 is 11.8 Å². The van der Waals surface area contributed by atoms with Gasteiger partial charge in [0.05, 0.1) is 5.94 Å². The van der Waals surface area contributed by atoms with Crippen molar-refractivity contribution in [3.8, 4) is 0 Å². The van der Waals surface area contributed by atoms with Gasteiger partial charge in [-0.15, -0.1) is 11.8 Å². The summed E-state index contributed by atoms with van der Waals surface area (Å²) in [6.07, 6.45) is 2.38. The molecule has 2 nitrogen and oxygen atoms in total. The van der Waals surface area contributed by atoms with Crippen LogP contribution >= 0.6 is 11.8 Å². The first-order chi connectivity index (χ1) is 5.43. The molecule has 11 heavy (non-hydrogen) atoms. The Labute approximate surface area is 72.6 Å². The summed E-state index contributed by atoms with van der Waals surface area (Å²) in [4.78, 5) is 0. The van der Waals surface area contributed by atoms with Gasteiger partial charge in [0, 0.05) is 25.1 Å². The van der Waals surface area contributed by atoms with Crippen molar-refractivity contribution in [3.05, 3.63) is 0 Å². The second-order valence-electron chi connectivity index (χ2n) is 2.59. The van der Waals surface area contributed by atoms with Gasteiger partial charge < -0.3 is 9.47 Å². The standard InChI is InChI=1S/C8H16O2S/c1-2-9-7-11-8-3-5-10-6-4-8/h8H,2-7H2,1H3. The molecule has 1 saturated heterocycles. The molecule has 0 atom stereocenters. The Bertz CT molecular complexity index is 92.1. The Morgan fingerprint density at radius 3 is 2.82 bits per heavy atom. The van der Waals surface area contributed by atoms with E-state index in [0.717, 1.165) is 31.0 Å². The summed E-state index contributed by atoms with van der Waals surface area (Å²) in [5, 5.41) is 0.773. The summed E-state index contributed by atoms with van der Waals surface area (Å²) in [6.45, 7) is 4.73. The zero-order valence-corrected chi connectivity index (χ0v) is 7.86. The fourth-order valence-electron chi connectivity index (χ4n) is 1.07. The van der Waals surface area contributed by atoms with Crippen molar-refractivity contribution in [2.75, 3.05) is 25.8 Å². The first kappa shape index (κ1) is 9.36. The minimum Gasteiger partial charge on any atom is -0.381 e. The van der Waals surface area contributed by atoms with Crippen LogP contribution in [0.25, 0.3) is 0 Å². The molecule has 66 valence electrons. The number of hydrogen-bond acceptors (Lipinski definition) is 3. The van der Waals surface area contributed by atoms with Gasteiger partial charge in [-0.2, -0.15) is 0 Å². The molecule has 1 fully saturated rings. The molecule has 1 rings (SSSR count). The lowest BCUT2D eigenvalue weighted by atomic mass is 10.2. The average molecular weight is 176 g/mol. The molecule has 0 saturated carbocycles. The molecule has 1 aliphatic heterocycles. The van der Waals surface area contributed by atoms with Crippen molar-refractivity contribution in [2.24, 2.45) is 0 Å². The lowest BCUT2D eigenvalue weighted by Gasteiger charge is -2.20. The lowest BCUT2D eigenvalue weighted by molar-refractivity contribution is 0.0994. The number of thioether (sulfide) groups is 1. The van der Waals surface area contributed by atoms with E-state index in [2.05, 4.69) is 0 Å². The molecule has 0 bridgehead atoms. The molecule has 1 aliphatic rings. The second-order valence-corrected chi connectivity index (χ2v) is 3.82. The highest BCUT2D eigenvalue weighted by Crippen LogP contribution is 2.21. The van der Waals surface area contributed by atoms with Crippen LogP contribution in [0.4, 0.5) is 0 Å². The summed E-state index contributed by atoms with van der Waals surface area (Å²) in [7, 11) is 0. The van der Waals surface area contributed by atoms with Crippen LogP contribution in [0, 0.1) is 0 Å². The molecular formula is C8H16O2S. The zero-order chi connectivity index (χ0) is 7.94. The smallest absolute Gasteiger partial charge is 0.0923 e. The van der Waals surface area contributed by atoms with E-state index < -0.39 is 0 Å². The highest BCUT2D eigenvalue weighted by Gasteiger charge is 2.13. The van der Waals surface area contributed by atoms with Gasteiger partial charge in [-0.05, 0) is 19.8 Å². The third-order valence-corrected chi connectivity index (χ3v) is 3.01. The van der Waals surface area contributed by atoms with E-state index in [1.807, 2.05) is 18.7 Å². The maximum absolute atomic E-state index is 5.26. The molecule has 0 aromatic carbocycles. The molecule has 3 heteroatoms. The molecule has 0 amide bonds. The highest BCUT2D eigenvalue weighted by atomic mass is 32.2. The van der Waals surface area contributed by atoms with Gasteiger partial charge in [0.25, 0.3) is 0 Å². The SMILES string of the molecule is CCOCSC1CCOCC1. The maximum Gasteiger partial charge on any atom is 0.0923 e. The molecule has 0 N–H and O–H groups in total. The first-order valence-electron chi connectivity index (χ1n) is 4.20. The quantitative estimate of drug-likeness (QED) is 0.481. The lowest BCUT2D eigenvalue weighted by Crippen LogP contribution is -2.18. The predicted octanol–water partition coefficient (Wildman–Crippen LogP) is 1.89. The predicted molar refractivity (Wildman–Crippen MR) is 47.9 cm³/mol. The molecule has 0 aromatic rings. The van der Waals surface area contributed by atoms with E-state index in [-0.39, 0.29) is 0 Å². The van der Waals surface area contributed by atoms with Gasteiger partial charge in [0.2, 0.25) is 0 Å². The summed E-state index contributed by atoms with van der Waals surface area (Å²) in [6, 6.07) is 0. The van der Waals surface area contributed by atoms with Crippen molar-refractivity contribution in [3.63, 3.8) is 0 Å². The molecule has 0 aliphatic carbocycles. The van der Waals surface area contributed by atoms with Crippen LogP contribution in [0.2, 0.25) is 0 Å². The summed E-state index contributed by atoms with van der Waals surface area (Å²) >= 11 is 1.92. The van der Waals surface area contributed by atoms with E-state index in [9.17, 15) is 0 Å². The molecular weight excluding hydrogens is 160 g/mol. The van der Waals surface area contributed by atoms with Gasteiger partial charge in [-0.1, -0.05) is 0 Å². The Balaban J connectivity index is 1.96. The number of hydrogen-bond donors (Lipinski definition) is 0. The largest absolute Gasteiger partial charge is 0.381 e. The van der Waals surface area contributed by atoms with Crippen LogP contribution in [-0.2, 0) is 9.47 Å². The van der Waals surface area contributed by atoms with Crippen LogP contribution < -0.4 is 0 Å². The fourth-order valence-corrected chi connectivity index (χ4v) is 2.05. The summed E-state index contributed by atoms with van der Waals surface area (Å²) in [5.41, 5.74) is 0. The van der Waals surface area contributed by atoms with Gasteiger partial charge in [-0.25, -0.2) is 0 Å². The van der Waals surface area contributed by atoms with E-state index in [4.69, 9.17) is 9.47 Å². The molecule has 1 heterocycles. The molecule has 0 aromatic heterocycles. The van der Waals surface area contributed by atoms with E-state index in [1.54, 1.807) is 0 Å². The molecule has 0 unspecified atom stereocenters. The minimum atomic E-state index is 0.773. The van der Waals surface area contributed by atoms with Crippen molar-refractivity contribution < 1.29 is 9.47 Å². The van der Waals surface area contributed by atoms with Crippen LogP contribution in [-0.4, -0.2) is 31.0 Å². The monoisotopic (exact) mass is 176 g/mol. The Kier molecular flexibility index (Phi) is 4.99. The van der Waals surface area contributed by atoms with Crippen LogP contribution in [0.15, 0.2) is 0 Å².